The molecule has 0 bridgehead atoms. The molecule has 2 N–H and O–H groups in total. The fraction of sp³-hybridized carbons (Fsp3) is 0.273. The molecule has 8 nitrogen and oxygen atoms in total. The fourth-order valence-corrected chi connectivity index (χ4v) is 4.43. The zero-order chi connectivity index (χ0) is 22.3. The molecule has 1 fully saturated rings. The Morgan fingerprint density at radius 3 is 2.52 bits per heavy atom. The number of nitrogens with zero attached hydrogens (tertiary/aromatic N) is 3. The second kappa shape index (κ2) is 7.66. The van der Waals surface area contributed by atoms with Crippen molar-refractivity contribution < 1.29 is 14.4 Å². The van der Waals surface area contributed by atoms with Crippen molar-refractivity contribution in [1.29, 1.82) is 0 Å². The number of aromatic nitrogens is 2. The van der Waals surface area contributed by atoms with Gasteiger partial charge in [-0.3, -0.25) is 14.5 Å². The maximum absolute atomic E-state index is 12.9. The number of carbonyl (C=O) groups excluding carboxylic acids is 3. The van der Waals surface area contributed by atoms with E-state index in [1.54, 1.807) is 24.6 Å². The van der Waals surface area contributed by atoms with Crippen LogP contribution in [-0.4, -0.2) is 39.1 Å². The van der Waals surface area contributed by atoms with E-state index in [1.165, 1.54) is 11.3 Å². The van der Waals surface area contributed by atoms with Crippen LogP contribution in [0.2, 0.25) is 0 Å². The van der Waals surface area contributed by atoms with Crippen LogP contribution in [0.25, 0.3) is 5.69 Å². The summed E-state index contributed by atoms with van der Waals surface area (Å²) in [5.41, 5.74) is 3.53. The highest BCUT2D eigenvalue weighted by Gasteiger charge is 2.49. The number of benzene rings is 1. The summed E-state index contributed by atoms with van der Waals surface area (Å²) in [4.78, 5) is 39.0. The van der Waals surface area contributed by atoms with Crippen LogP contribution >= 0.6 is 11.3 Å². The molecule has 160 valence electrons. The molecule has 31 heavy (non-hydrogen) atoms. The molecule has 0 saturated carbocycles. The van der Waals surface area contributed by atoms with Crippen LogP contribution in [0.15, 0.2) is 41.1 Å². The summed E-state index contributed by atoms with van der Waals surface area (Å²) in [5, 5.41) is 13.7. The molecule has 3 heterocycles. The molecule has 1 unspecified atom stereocenters. The molecule has 4 amide bonds. The summed E-state index contributed by atoms with van der Waals surface area (Å²) in [7, 11) is 0. The van der Waals surface area contributed by atoms with Crippen molar-refractivity contribution in [2.75, 3.05) is 11.9 Å². The van der Waals surface area contributed by atoms with Crippen LogP contribution in [0.4, 0.5) is 10.5 Å². The smallest absolute Gasteiger partial charge is 0.321 e. The molecule has 9 heteroatoms. The third kappa shape index (κ3) is 3.61. The van der Waals surface area contributed by atoms with Gasteiger partial charge in [-0.25, -0.2) is 9.48 Å². The van der Waals surface area contributed by atoms with E-state index in [9.17, 15) is 14.4 Å². The number of amides is 4. The van der Waals surface area contributed by atoms with Crippen LogP contribution < -0.4 is 10.6 Å². The monoisotopic (exact) mass is 437 g/mol. The van der Waals surface area contributed by atoms with E-state index < -0.39 is 23.4 Å². The van der Waals surface area contributed by atoms with Crippen LogP contribution in [0, 0.1) is 20.8 Å². The van der Waals surface area contributed by atoms with Gasteiger partial charge >= 0.3 is 6.03 Å². The maximum atomic E-state index is 12.9. The maximum Gasteiger partial charge on any atom is 0.325 e. The van der Waals surface area contributed by atoms with E-state index in [2.05, 4.69) is 15.7 Å². The Kier molecular flexibility index (Phi) is 5.14. The van der Waals surface area contributed by atoms with Gasteiger partial charge in [-0.05, 0) is 62.2 Å². The number of rotatable bonds is 5. The van der Waals surface area contributed by atoms with Gasteiger partial charge in [0.1, 0.15) is 12.1 Å². The first-order valence-corrected chi connectivity index (χ1v) is 10.7. The highest BCUT2D eigenvalue weighted by molar-refractivity contribution is 7.08. The van der Waals surface area contributed by atoms with Crippen molar-refractivity contribution >= 4 is 34.9 Å². The number of imide groups is 1. The molecular formula is C22H23N5O3S. The average molecular weight is 438 g/mol. The number of nitrogens with one attached hydrogen (secondary N) is 2. The molecule has 1 aliphatic heterocycles. The summed E-state index contributed by atoms with van der Waals surface area (Å²) in [6.45, 7) is 6.94. The Morgan fingerprint density at radius 2 is 1.87 bits per heavy atom. The van der Waals surface area contributed by atoms with Gasteiger partial charge in [0.15, 0.2) is 0 Å². The molecule has 1 saturated heterocycles. The molecule has 1 aromatic carbocycles. The summed E-state index contributed by atoms with van der Waals surface area (Å²) >= 11 is 1.44. The van der Waals surface area contributed by atoms with Gasteiger partial charge in [-0.15, -0.1) is 0 Å². The zero-order valence-corrected chi connectivity index (χ0v) is 18.5. The van der Waals surface area contributed by atoms with Gasteiger partial charge in [-0.2, -0.15) is 16.4 Å². The van der Waals surface area contributed by atoms with E-state index in [1.807, 2.05) is 48.9 Å². The number of hydrogen-bond acceptors (Lipinski definition) is 5. The minimum Gasteiger partial charge on any atom is -0.321 e. The number of aryl methyl sites for hydroxylation is 2. The first-order chi connectivity index (χ1) is 14.7. The SMILES string of the molecule is Cc1ccc(-n2nc(C)c(NC(=O)CN3C(=O)NC(C)(c4ccsc4)C3=O)c2C)cc1. The van der Waals surface area contributed by atoms with Crippen molar-refractivity contribution in [1.82, 2.24) is 20.0 Å². The van der Waals surface area contributed by atoms with Gasteiger partial charge < -0.3 is 10.6 Å². The van der Waals surface area contributed by atoms with Crippen molar-refractivity contribution in [3.05, 3.63) is 63.6 Å². The topological polar surface area (TPSA) is 96.3 Å². The molecule has 1 aliphatic rings. The highest BCUT2D eigenvalue weighted by atomic mass is 32.1. The van der Waals surface area contributed by atoms with E-state index in [0.29, 0.717) is 16.9 Å². The Bertz CT molecular complexity index is 1170. The van der Waals surface area contributed by atoms with E-state index in [4.69, 9.17) is 0 Å². The molecule has 0 aliphatic carbocycles. The van der Waals surface area contributed by atoms with Crippen LogP contribution in [-0.2, 0) is 15.1 Å². The lowest BCUT2D eigenvalue weighted by Gasteiger charge is -2.20. The number of thiophene rings is 1. The van der Waals surface area contributed by atoms with Crippen molar-refractivity contribution in [2.45, 2.75) is 33.2 Å². The standard InChI is InChI=1S/C22H23N5O3S/c1-13-5-7-17(8-6-13)27-15(3)19(14(2)25-27)23-18(28)11-26-20(29)22(4,24-21(26)30)16-9-10-31-12-16/h5-10,12H,11H2,1-4H3,(H,23,28)(H,24,30). The van der Waals surface area contributed by atoms with Crippen LogP contribution in [0.5, 0.6) is 0 Å². The van der Waals surface area contributed by atoms with E-state index in [-0.39, 0.29) is 6.54 Å². The normalized spacial score (nSPS) is 18.4. The first kappa shape index (κ1) is 20.8. The predicted molar refractivity (Wildman–Crippen MR) is 118 cm³/mol. The Labute approximate surface area is 183 Å². The number of hydrogen-bond donors (Lipinski definition) is 2. The molecule has 2 aromatic heterocycles. The third-order valence-corrected chi connectivity index (χ3v) is 6.19. The predicted octanol–water partition coefficient (Wildman–Crippen LogP) is 3.26. The van der Waals surface area contributed by atoms with Gasteiger partial charge in [0.25, 0.3) is 5.91 Å². The number of urea groups is 1. The van der Waals surface area contributed by atoms with Crippen molar-refractivity contribution in [3.63, 3.8) is 0 Å². The van der Waals surface area contributed by atoms with E-state index in [0.717, 1.165) is 21.8 Å². The lowest BCUT2D eigenvalue weighted by molar-refractivity contribution is -0.133. The van der Waals surface area contributed by atoms with Gasteiger partial charge in [0.2, 0.25) is 5.91 Å². The summed E-state index contributed by atoms with van der Waals surface area (Å²) in [6, 6.07) is 9.10. The quantitative estimate of drug-likeness (QED) is 0.599. The summed E-state index contributed by atoms with van der Waals surface area (Å²) < 4.78 is 1.76. The molecule has 3 aromatic rings. The summed E-state index contributed by atoms with van der Waals surface area (Å²) in [6.07, 6.45) is 0. The van der Waals surface area contributed by atoms with Crippen molar-refractivity contribution in [3.8, 4) is 5.69 Å². The Balaban J connectivity index is 1.51. The van der Waals surface area contributed by atoms with Crippen molar-refractivity contribution in [2.24, 2.45) is 0 Å². The van der Waals surface area contributed by atoms with Gasteiger partial charge in [-0.1, -0.05) is 17.7 Å². The lowest BCUT2D eigenvalue weighted by atomic mass is 9.95. The van der Waals surface area contributed by atoms with Gasteiger partial charge in [0, 0.05) is 0 Å². The minimum atomic E-state index is -1.17. The first-order valence-electron chi connectivity index (χ1n) is 9.80. The molecule has 0 radical (unpaired) electrons. The number of carbonyl (C=O) groups is 3. The number of anilines is 1. The van der Waals surface area contributed by atoms with Gasteiger partial charge in [0.05, 0.1) is 22.8 Å². The molecule has 4 rings (SSSR count). The fourth-order valence-electron chi connectivity index (χ4n) is 3.67. The zero-order valence-electron chi connectivity index (χ0n) is 17.7. The van der Waals surface area contributed by atoms with Crippen LogP contribution in [0.1, 0.15) is 29.4 Å². The van der Waals surface area contributed by atoms with Crippen LogP contribution in [0.3, 0.4) is 0 Å². The summed E-state index contributed by atoms with van der Waals surface area (Å²) in [5.74, 6) is -0.914. The molecule has 1 atom stereocenters. The molecule has 0 spiro atoms. The minimum absolute atomic E-state index is 0.376. The molecular weight excluding hydrogens is 414 g/mol. The van der Waals surface area contributed by atoms with E-state index >= 15 is 0 Å². The average Bonchev–Trinajstić information content (AvgIpc) is 3.41. The Hall–Kier alpha value is -3.46. The third-order valence-electron chi connectivity index (χ3n) is 5.51. The Morgan fingerprint density at radius 1 is 1.16 bits per heavy atom. The largest absolute Gasteiger partial charge is 0.325 e. The lowest BCUT2D eigenvalue weighted by Crippen LogP contribution is -2.41. The second-order valence-corrected chi connectivity index (χ2v) is 8.58. The second-order valence-electron chi connectivity index (χ2n) is 7.80. The highest BCUT2D eigenvalue weighted by Crippen LogP contribution is 2.30.